The molecule has 3 aromatic rings. The number of amides is 1. The molecule has 116 valence electrons. The minimum absolute atomic E-state index is 0.269. The summed E-state index contributed by atoms with van der Waals surface area (Å²) in [6.07, 6.45) is 6.77. The van der Waals surface area contributed by atoms with E-state index in [-0.39, 0.29) is 5.91 Å². The summed E-state index contributed by atoms with van der Waals surface area (Å²) in [6.45, 7) is 0.915. The average molecular weight is 308 g/mol. The molecule has 0 aliphatic carbocycles. The summed E-state index contributed by atoms with van der Waals surface area (Å²) in [6, 6.07) is 9.02. The summed E-state index contributed by atoms with van der Waals surface area (Å²) >= 11 is 0. The Bertz CT molecular complexity index is 813. The third kappa shape index (κ3) is 2.73. The summed E-state index contributed by atoms with van der Waals surface area (Å²) in [5.74, 6) is 0.916. The molecular formula is C16H16N6O. The number of nitrogens with one attached hydrogen (secondary N) is 1. The van der Waals surface area contributed by atoms with Crippen molar-refractivity contribution >= 4 is 11.7 Å². The van der Waals surface area contributed by atoms with Gasteiger partial charge in [0.25, 0.3) is 5.91 Å². The fraction of sp³-hybridized carbons (Fsp3) is 0.250. The number of aromatic nitrogens is 5. The van der Waals surface area contributed by atoms with Gasteiger partial charge >= 0.3 is 0 Å². The lowest BCUT2D eigenvalue weighted by molar-refractivity contribution is 0.102. The third-order valence-corrected chi connectivity index (χ3v) is 3.86. The molecule has 0 atom stereocenters. The lowest BCUT2D eigenvalue weighted by atomic mass is 10.1. The van der Waals surface area contributed by atoms with Crippen LogP contribution in [0.15, 0.2) is 42.7 Å². The summed E-state index contributed by atoms with van der Waals surface area (Å²) in [5, 5.41) is 11.4. The molecule has 1 aliphatic rings. The van der Waals surface area contributed by atoms with Crippen LogP contribution in [0.25, 0.3) is 5.82 Å². The number of carbonyl (C=O) groups is 1. The number of rotatable bonds is 3. The topological polar surface area (TPSA) is 77.6 Å². The highest BCUT2D eigenvalue weighted by atomic mass is 16.2. The molecule has 7 heteroatoms. The Morgan fingerprint density at radius 1 is 1.22 bits per heavy atom. The third-order valence-electron chi connectivity index (χ3n) is 3.86. The molecule has 0 unspecified atom stereocenters. The van der Waals surface area contributed by atoms with Crippen molar-refractivity contribution in [1.29, 1.82) is 0 Å². The summed E-state index contributed by atoms with van der Waals surface area (Å²) in [4.78, 5) is 16.7. The van der Waals surface area contributed by atoms with E-state index in [1.54, 1.807) is 35.3 Å². The standard InChI is InChI=1S/C16H16N6O/c23-16(19-14-11-12-5-1-2-9-21(12)20-14)13-6-3-7-15(18-13)22-10-4-8-17-22/h3-4,6-8,10-11H,1-2,5,9H2,(H,19,20,23). The number of nitrogens with zero attached hydrogens (tertiary/aromatic N) is 5. The monoisotopic (exact) mass is 308 g/mol. The Balaban J connectivity index is 1.55. The molecule has 1 amide bonds. The van der Waals surface area contributed by atoms with Gasteiger partial charge in [0.1, 0.15) is 5.69 Å². The van der Waals surface area contributed by atoms with Gasteiger partial charge in [0.05, 0.1) is 0 Å². The van der Waals surface area contributed by atoms with Crippen molar-refractivity contribution in [3.8, 4) is 5.82 Å². The number of pyridine rings is 1. The van der Waals surface area contributed by atoms with Crippen LogP contribution in [0, 0.1) is 0 Å². The molecule has 0 aromatic carbocycles. The lowest BCUT2D eigenvalue weighted by Gasteiger charge is -2.11. The van der Waals surface area contributed by atoms with Crippen molar-refractivity contribution in [2.75, 3.05) is 5.32 Å². The lowest BCUT2D eigenvalue weighted by Crippen LogP contribution is -2.15. The van der Waals surface area contributed by atoms with Crippen molar-refractivity contribution in [1.82, 2.24) is 24.5 Å². The predicted molar refractivity (Wildman–Crippen MR) is 84.5 cm³/mol. The highest BCUT2D eigenvalue weighted by Crippen LogP contribution is 2.18. The van der Waals surface area contributed by atoms with E-state index in [0.29, 0.717) is 17.3 Å². The molecule has 3 aromatic heterocycles. The quantitative estimate of drug-likeness (QED) is 0.803. The molecule has 4 heterocycles. The number of aryl methyl sites for hydroxylation is 2. The van der Waals surface area contributed by atoms with E-state index in [9.17, 15) is 4.79 Å². The molecular weight excluding hydrogens is 292 g/mol. The van der Waals surface area contributed by atoms with Gasteiger partial charge in [0, 0.05) is 30.7 Å². The Labute approximate surface area is 133 Å². The fourth-order valence-corrected chi connectivity index (χ4v) is 2.74. The number of fused-ring (bicyclic) bond motifs is 1. The Morgan fingerprint density at radius 2 is 2.17 bits per heavy atom. The van der Waals surface area contributed by atoms with Gasteiger partial charge in [-0.05, 0) is 37.5 Å². The first-order chi connectivity index (χ1) is 11.3. The number of carbonyl (C=O) groups excluding carboxylic acids is 1. The normalized spacial score (nSPS) is 13.6. The Hall–Kier alpha value is -2.96. The van der Waals surface area contributed by atoms with E-state index in [2.05, 4.69) is 20.5 Å². The highest BCUT2D eigenvalue weighted by Gasteiger charge is 2.15. The second kappa shape index (κ2) is 5.68. The molecule has 1 N–H and O–H groups in total. The predicted octanol–water partition coefficient (Wildman–Crippen LogP) is 2.05. The average Bonchev–Trinajstić information content (AvgIpc) is 3.24. The maximum Gasteiger partial charge on any atom is 0.275 e. The summed E-state index contributed by atoms with van der Waals surface area (Å²) in [7, 11) is 0. The first-order valence-corrected chi connectivity index (χ1v) is 7.65. The van der Waals surface area contributed by atoms with Crippen molar-refractivity contribution in [3.63, 3.8) is 0 Å². The van der Waals surface area contributed by atoms with Crippen LogP contribution in [0.2, 0.25) is 0 Å². The van der Waals surface area contributed by atoms with Crippen molar-refractivity contribution in [3.05, 3.63) is 54.1 Å². The van der Waals surface area contributed by atoms with E-state index in [1.807, 2.05) is 16.8 Å². The molecule has 0 saturated heterocycles. The van der Waals surface area contributed by atoms with Crippen LogP contribution in [0.1, 0.15) is 29.0 Å². The first kappa shape index (κ1) is 13.7. The summed E-state index contributed by atoms with van der Waals surface area (Å²) in [5.41, 5.74) is 1.51. The van der Waals surface area contributed by atoms with Crippen LogP contribution in [0.5, 0.6) is 0 Å². The molecule has 7 nitrogen and oxygen atoms in total. The summed E-state index contributed by atoms with van der Waals surface area (Å²) < 4.78 is 3.58. The van der Waals surface area contributed by atoms with Crippen LogP contribution in [-0.2, 0) is 13.0 Å². The van der Waals surface area contributed by atoms with Gasteiger partial charge in [0.15, 0.2) is 11.6 Å². The van der Waals surface area contributed by atoms with Gasteiger partial charge in [-0.2, -0.15) is 10.2 Å². The van der Waals surface area contributed by atoms with Gasteiger partial charge in [-0.1, -0.05) is 6.07 Å². The number of anilines is 1. The van der Waals surface area contributed by atoms with E-state index < -0.39 is 0 Å². The van der Waals surface area contributed by atoms with E-state index in [1.165, 1.54) is 12.1 Å². The zero-order valence-electron chi connectivity index (χ0n) is 12.5. The van der Waals surface area contributed by atoms with Crippen LogP contribution < -0.4 is 5.32 Å². The maximum atomic E-state index is 12.4. The van der Waals surface area contributed by atoms with Gasteiger partial charge in [-0.25, -0.2) is 9.67 Å². The highest BCUT2D eigenvalue weighted by molar-refractivity contribution is 6.02. The number of hydrogen-bond acceptors (Lipinski definition) is 4. The van der Waals surface area contributed by atoms with Gasteiger partial charge < -0.3 is 5.32 Å². The molecule has 0 spiro atoms. The van der Waals surface area contributed by atoms with E-state index >= 15 is 0 Å². The molecule has 0 fully saturated rings. The van der Waals surface area contributed by atoms with Crippen molar-refractivity contribution < 1.29 is 4.79 Å². The van der Waals surface area contributed by atoms with Crippen LogP contribution in [0.4, 0.5) is 5.82 Å². The van der Waals surface area contributed by atoms with Crippen molar-refractivity contribution in [2.24, 2.45) is 0 Å². The van der Waals surface area contributed by atoms with Crippen molar-refractivity contribution in [2.45, 2.75) is 25.8 Å². The molecule has 0 radical (unpaired) electrons. The molecule has 0 bridgehead atoms. The van der Waals surface area contributed by atoms with E-state index in [4.69, 9.17) is 0 Å². The van der Waals surface area contributed by atoms with Gasteiger partial charge in [0.2, 0.25) is 0 Å². The fourth-order valence-electron chi connectivity index (χ4n) is 2.74. The molecule has 0 saturated carbocycles. The second-order valence-electron chi connectivity index (χ2n) is 5.49. The molecule has 1 aliphatic heterocycles. The Morgan fingerprint density at radius 3 is 3.00 bits per heavy atom. The van der Waals surface area contributed by atoms with Gasteiger partial charge in [-0.15, -0.1) is 0 Å². The smallest absolute Gasteiger partial charge is 0.275 e. The number of hydrogen-bond donors (Lipinski definition) is 1. The largest absolute Gasteiger partial charge is 0.304 e. The zero-order valence-corrected chi connectivity index (χ0v) is 12.5. The Kier molecular flexibility index (Phi) is 3.38. The van der Waals surface area contributed by atoms with Gasteiger partial charge in [-0.3, -0.25) is 9.48 Å². The van der Waals surface area contributed by atoms with E-state index in [0.717, 1.165) is 19.4 Å². The molecule has 23 heavy (non-hydrogen) atoms. The van der Waals surface area contributed by atoms with Crippen LogP contribution in [-0.4, -0.2) is 30.5 Å². The molecule has 4 rings (SSSR count). The first-order valence-electron chi connectivity index (χ1n) is 7.65. The zero-order chi connectivity index (χ0) is 15.6. The minimum Gasteiger partial charge on any atom is -0.304 e. The maximum absolute atomic E-state index is 12.4. The SMILES string of the molecule is O=C(Nc1cc2n(n1)CCCC2)c1cccc(-n2cccn2)n1. The van der Waals surface area contributed by atoms with Crippen LogP contribution >= 0.6 is 0 Å². The second-order valence-corrected chi connectivity index (χ2v) is 5.49. The minimum atomic E-state index is -0.269. The van der Waals surface area contributed by atoms with Crippen LogP contribution in [0.3, 0.4) is 0 Å².